The third-order valence-corrected chi connectivity index (χ3v) is 2.70. The second-order valence-electron chi connectivity index (χ2n) is 4.20. The van der Waals surface area contributed by atoms with Crippen molar-refractivity contribution in [3.63, 3.8) is 0 Å². The molecule has 19 heavy (non-hydrogen) atoms. The fourth-order valence-corrected chi connectivity index (χ4v) is 1.41. The number of nitrogens with one attached hydrogen (secondary N) is 1. The molecule has 0 aliphatic rings. The molecule has 1 aromatic heterocycles. The van der Waals surface area contributed by atoms with Crippen LogP contribution in [0.4, 0.5) is 4.39 Å². The SMILES string of the molecule is CCC(C)NC(=O)c1nnc(-c2ccc(F)cc2)o1. The van der Waals surface area contributed by atoms with Gasteiger partial charge in [-0.1, -0.05) is 6.92 Å². The summed E-state index contributed by atoms with van der Waals surface area (Å²) in [5, 5.41) is 10.2. The van der Waals surface area contributed by atoms with Gasteiger partial charge in [0.25, 0.3) is 0 Å². The zero-order valence-corrected chi connectivity index (χ0v) is 10.7. The average Bonchev–Trinajstić information content (AvgIpc) is 2.89. The summed E-state index contributed by atoms with van der Waals surface area (Å²) in [6.07, 6.45) is 0.810. The monoisotopic (exact) mass is 263 g/mol. The molecule has 6 heteroatoms. The number of carbonyl (C=O) groups is 1. The van der Waals surface area contributed by atoms with E-state index in [0.29, 0.717) is 5.56 Å². The van der Waals surface area contributed by atoms with Gasteiger partial charge < -0.3 is 9.73 Å². The lowest BCUT2D eigenvalue weighted by atomic mass is 10.2. The van der Waals surface area contributed by atoms with Crippen LogP contribution in [-0.2, 0) is 0 Å². The standard InChI is InChI=1S/C13H14FN3O2/c1-3-8(2)15-11(18)13-17-16-12(19-13)9-4-6-10(14)7-5-9/h4-8H,3H2,1-2H3,(H,15,18). The highest BCUT2D eigenvalue weighted by atomic mass is 19.1. The summed E-state index contributed by atoms with van der Waals surface area (Å²) in [6.45, 7) is 3.85. The van der Waals surface area contributed by atoms with Gasteiger partial charge >= 0.3 is 11.8 Å². The highest BCUT2D eigenvalue weighted by Gasteiger charge is 2.17. The molecular weight excluding hydrogens is 249 g/mol. The molecule has 1 aromatic carbocycles. The molecule has 0 bridgehead atoms. The van der Waals surface area contributed by atoms with E-state index in [0.717, 1.165) is 6.42 Å². The topological polar surface area (TPSA) is 68.0 Å². The second kappa shape index (κ2) is 5.60. The minimum Gasteiger partial charge on any atom is -0.412 e. The first-order chi connectivity index (χ1) is 9.10. The van der Waals surface area contributed by atoms with Crippen molar-refractivity contribution in [3.05, 3.63) is 36.0 Å². The molecule has 1 heterocycles. The lowest BCUT2D eigenvalue weighted by Crippen LogP contribution is -2.32. The number of rotatable bonds is 4. The van der Waals surface area contributed by atoms with Gasteiger partial charge in [-0.15, -0.1) is 10.2 Å². The number of halogens is 1. The van der Waals surface area contributed by atoms with Crippen LogP contribution in [0.15, 0.2) is 28.7 Å². The number of amides is 1. The molecule has 5 nitrogen and oxygen atoms in total. The third kappa shape index (κ3) is 3.15. The largest absolute Gasteiger partial charge is 0.412 e. The van der Waals surface area contributed by atoms with Crippen LogP contribution in [0.2, 0.25) is 0 Å². The Labute approximate surface area is 109 Å². The van der Waals surface area contributed by atoms with Crippen LogP contribution in [0.5, 0.6) is 0 Å². The van der Waals surface area contributed by atoms with Crippen LogP contribution in [0, 0.1) is 5.82 Å². The molecule has 0 spiro atoms. The molecule has 0 saturated heterocycles. The van der Waals surface area contributed by atoms with E-state index in [-0.39, 0.29) is 23.6 Å². The Balaban J connectivity index is 2.15. The van der Waals surface area contributed by atoms with Crippen molar-refractivity contribution in [3.8, 4) is 11.5 Å². The summed E-state index contributed by atoms with van der Waals surface area (Å²) in [6, 6.07) is 5.64. The summed E-state index contributed by atoms with van der Waals surface area (Å²) in [4.78, 5) is 11.7. The molecule has 2 aromatic rings. The predicted molar refractivity (Wildman–Crippen MR) is 66.9 cm³/mol. The molecule has 0 fully saturated rings. The van der Waals surface area contributed by atoms with Crippen LogP contribution in [-0.4, -0.2) is 22.1 Å². The molecule has 1 unspecified atom stereocenters. The number of nitrogens with zero attached hydrogens (tertiary/aromatic N) is 2. The molecule has 1 amide bonds. The lowest BCUT2D eigenvalue weighted by molar-refractivity contribution is 0.0905. The van der Waals surface area contributed by atoms with E-state index in [1.54, 1.807) is 0 Å². The Morgan fingerprint density at radius 1 is 1.37 bits per heavy atom. The molecular formula is C13H14FN3O2. The molecule has 0 aliphatic carbocycles. The summed E-state index contributed by atoms with van der Waals surface area (Å²) in [7, 11) is 0. The third-order valence-electron chi connectivity index (χ3n) is 2.70. The van der Waals surface area contributed by atoms with E-state index >= 15 is 0 Å². The van der Waals surface area contributed by atoms with Crippen LogP contribution < -0.4 is 5.32 Å². The van der Waals surface area contributed by atoms with E-state index in [9.17, 15) is 9.18 Å². The lowest BCUT2D eigenvalue weighted by Gasteiger charge is -2.08. The van der Waals surface area contributed by atoms with Crippen molar-refractivity contribution in [1.82, 2.24) is 15.5 Å². The summed E-state index contributed by atoms with van der Waals surface area (Å²) >= 11 is 0. The van der Waals surface area contributed by atoms with Gasteiger partial charge in [-0.2, -0.15) is 0 Å². The van der Waals surface area contributed by atoms with Gasteiger partial charge in [0, 0.05) is 11.6 Å². The Hall–Kier alpha value is -2.24. The molecule has 2 rings (SSSR count). The van der Waals surface area contributed by atoms with E-state index in [1.807, 2.05) is 13.8 Å². The van der Waals surface area contributed by atoms with Gasteiger partial charge in [0.15, 0.2) is 0 Å². The van der Waals surface area contributed by atoms with Crippen LogP contribution >= 0.6 is 0 Å². The van der Waals surface area contributed by atoms with Crippen LogP contribution in [0.1, 0.15) is 31.0 Å². The molecule has 1 N–H and O–H groups in total. The minimum atomic E-state index is -0.407. The maximum atomic E-state index is 12.8. The van der Waals surface area contributed by atoms with Gasteiger partial charge in [0.1, 0.15) is 5.82 Å². The molecule has 100 valence electrons. The van der Waals surface area contributed by atoms with Crippen molar-refractivity contribution in [2.45, 2.75) is 26.3 Å². The van der Waals surface area contributed by atoms with Crippen molar-refractivity contribution >= 4 is 5.91 Å². The molecule has 0 radical (unpaired) electrons. The maximum Gasteiger partial charge on any atom is 0.309 e. The highest BCUT2D eigenvalue weighted by molar-refractivity contribution is 5.89. The first-order valence-electron chi connectivity index (χ1n) is 6.00. The molecule has 0 saturated carbocycles. The quantitative estimate of drug-likeness (QED) is 0.919. The Kier molecular flexibility index (Phi) is 3.89. The Morgan fingerprint density at radius 3 is 2.68 bits per heavy atom. The maximum absolute atomic E-state index is 12.8. The van der Waals surface area contributed by atoms with E-state index in [1.165, 1.54) is 24.3 Å². The zero-order valence-electron chi connectivity index (χ0n) is 10.7. The van der Waals surface area contributed by atoms with Crippen LogP contribution in [0.3, 0.4) is 0 Å². The van der Waals surface area contributed by atoms with E-state index < -0.39 is 5.91 Å². The smallest absolute Gasteiger partial charge is 0.309 e. The fraction of sp³-hybridized carbons (Fsp3) is 0.308. The Bertz CT molecular complexity index is 566. The highest BCUT2D eigenvalue weighted by Crippen LogP contribution is 2.17. The van der Waals surface area contributed by atoms with Crippen molar-refractivity contribution in [2.75, 3.05) is 0 Å². The molecule has 0 aliphatic heterocycles. The van der Waals surface area contributed by atoms with Gasteiger partial charge in [0.05, 0.1) is 0 Å². The number of benzene rings is 1. The summed E-state index contributed by atoms with van der Waals surface area (Å²) < 4.78 is 18.0. The van der Waals surface area contributed by atoms with Gasteiger partial charge in [0.2, 0.25) is 5.89 Å². The first kappa shape index (κ1) is 13.2. The number of hydrogen-bond acceptors (Lipinski definition) is 4. The molecule has 1 atom stereocenters. The minimum absolute atomic E-state index is 0.0358. The van der Waals surface area contributed by atoms with Crippen molar-refractivity contribution in [2.24, 2.45) is 0 Å². The summed E-state index contributed by atoms with van der Waals surface area (Å²) in [5.74, 6) is -0.665. The normalized spacial score (nSPS) is 12.2. The van der Waals surface area contributed by atoms with Gasteiger partial charge in [-0.05, 0) is 37.6 Å². The zero-order chi connectivity index (χ0) is 13.8. The first-order valence-corrected chi connectivity index (χ1v) is 6.00. The van der Waals surface area contributed by atoms with Gasteiger partial charge in [-0.25, -0.2) is 4.39 Å². The Morgan fingerprint density at radius 2 is 2.05 bits per heavy atom. The average molecular weight is 263 g/mol. The van der Waals surface area contributed by atoms with E-state index in [4.69, 9.17) is 4.42 Å². The van der Waals surface area contributed by atoms with Crippen molar-refractivity contribution < 1.29 is 13.6 Å². The number of hydrogen-bond donors (Lipinski definition) is 1. The fourth-order valence-electron chi connectivity index (χ4n) is 1.41. The summed E-state index contributed by atoms with van der Waals surface area (Å²) in [5.41, 5.74) is 0.566. The predicted octanol–water partition coefficient (Wildman–Crippen LogP) is 2.40. The second-order valence-corrected chi connectivity index (χ2v) is 4.20. The van der Waals surface area contributed by atoms with Gasteiger partial charge in [-0.3, -0.25) is 4.79 Å². The van der Waals surface area contributed by atoms with Crippen molar-refractivity contribution in [1.29, 1.82) is 0 Å². The van der Waals surface area contributed by atoms with Crippen LogP contribution in [0.25, 0.3) is 11.5 Å². The number of aromatic nitrogens is 2. The van der Waals surface area contributed by atoms with E-state index in [2.05, 4.69) is 15.5 Å². The number of carbonyl (C=O) groups excluding carboxylic acids is 1.